The fourth-order valence-corrected chi connectivity index (χ4v) is 5.49. The molecule has 3 aromatic carbocycles. The van der Waals surface area contributed by atoms with E-state index < -0.39 is 23.0 Å². The number of carboxylic acid groups (broad SMARTS) is 1. The van der Waals surface area contributed by atoms with Crippen LogP contribution in [0.2, 0.25) is 0 Å². The molecule has 9 heteroatoms. The molecule has 7 nitrogen and oxygen atoms in total. The number of aromatic carboxylic acids is 1. The number of halogens is 2. The van der Waals surface area contributed by atoms with Gasteiger partial charge in [-0.2, -0.15) is 5.26 Å². The van der Waals surface area contributed by atoms with Crippen LogP contribution in [0.15, 0.2) is 48.5 Å². The van der Waals surface area contributed by atoms with E-state index in [9.17, 15) is 29.1 Å². The Labute approximate surface area is 217 Å². The Bertz CT molecular complexity index is 1630. The third-order valence-electron chi connectivity index (χ3n) is 7.37. The molecule has 1 aliphatic carbocycles. The summed E-state index contributed by atoms with van der Waals surface area (Å²) < 4.78 is 41.4. The summed E-state index contributed by atoms with van der Waals surface area (Å²) in [5.74, 6) is -2.66. The lowest BCUT2D eigenvalue weighted by Crippen LogP contribution is -2.34. The van der Waals surface area contributed by atoms with Gasteiger partial charge in [0.25, 0.3) is 0 Å². The number of nitriles is 1. The number of aromatic hydroxyl groups is 1. The number of benzene rings is 3. The fourth-order valence-electron chi connectivity index (χ4n) is 5.49. The van der Waals surface area contributed by atoms with Crippen LogP contribution in [0, 0.1) is 23.0 Å². The number of hydrogen-bond acceptors (Lipinski definition) is 5. The first-order valence-corrected chi connectivity index (χ1v) is 11.9. The molecule has 4 aromatic rings. The molecule has 0 unspecified atom stereocenters. The van der Waals surface area contributed by atoms with Crippen LogP contribution in [-0.2, 0) is 5.41 Å². The van der Waals surface area contributed by atoms with Gasteiger partial charge < -0.3 is 24.3 Å². The summed E-state index contributed by atoms with van der Waals surface area (Å²) in [6.45, 7) is 0. The number of ether oxygens (including phenoxy) is 2. The van der Waals surface area contributed by atoms with E-state index in [0.717, 1.165) is 12.5 Å². The van der Waals surface area contributed by atoms with Gasteiger partial charge in [0, 0.05) is 34.9 Å². The molecule has 2 N–H and O–H groups in total. The van der Waals surface area contributed by atoms with Crippen LogP contribution >= 0.6 is 0 Å². The highest BCUT2D eigenvalue weighted by atomic mass is 19.1. The highest BCUT2D eigenvalue weighted by Gasteiger charge is 2.44. The maximum Gasteiger partial charge on any atom is 0.339 e. The number of methoxy groups -OCH3 is 2. The van der Waals surface area contributed by atoms with Gasteiger partial charge in [-0.15, -0.1) is 0 Å². The van der Waals surface area contributed by atoms with Crippen LogP contribution in [0.1, 0.15) is 41.6 Å². The van der Waals surface area contributed by atoms with Crippen molar-refractivity contribution in [2.24, 2.45) is 0 Å². The van der Waals surface area contributed by atoms with Crippen molar-refractivity contribution in [2.45, 2.75) is 31.1 Å². The number of rotatable bonds is 7. The smallest absolute Gasteiger partial charge is 0.339 e. The van der Waals surface area contributed by atoms with Crippen LogP contribution < -0.4 is 9.47 Å². The number of phenolic OH excluding ortho intramolecular Hbond substituents is 1. The zero-order chi connectivity index (χ0) is 27.2. The number of hydrogen-bond donors (Lipinski definition) is 2. The molecule has 0 radical (unpaired) electrons. The second-order valence-corrected chi connectivity index (χ2v) is 9.39. The summed E-state index contributed by atoms with van der Waals surface area (Å²) >= 11 is 0. The Balaban J connectivity index is 1.98. The van der Waals surface area contributed by atoms with Crippen molar-refractivity contribution >= 4 is 16.9 Å². The molecule has 1 heterocycles. The molecule has 1 aromatic heterocycles. The Morgan fingerprint density at radius 1 is 1.08 bits per heavy atom. The third-order valence-corrected chi connectivity index (χ3v) is 7.37. The SMILES string of the molecule is COc1cc(-n2c(-c3ccc(C(=O)O)c(OC)c3)c(C3(CC#N)CCC3)c3c(O)cc(F)cc32)ccc1F. The lowest BCUT2D eigenvalue weighted by Gasteiger charge is -2.41. The first-order chi connectivity index (χ1) is 18.2. The second-order valence-electron chi connectivity index (χ2n) is 9.39. The minimum Gasteiger partial charge on any atom is -0.507 e. The van der Waals surface area contributed by atoms with Gasteiger partial charge >= 0.3 is 5.97 Å². The van der Waals surface area contributed by atoms with Gasteiger partial charge in [-0.25, -0.2) is 13.6 Å². The summed E-state index contributed by atoms with van der Waals surface area (Å²) in [4.78, 5) is 11.8. The molecule has 0 saturated heterocycles. The van der Waals surface area contributed by atoms with Crippen LogP contribution in [-0.4, -0.2) is 35.0 Å². The first-order valence-electron chi connectivity index (χ1n) is 11.9. The lowest BCUT2D eigenvalue weighted by atomic mass is 9.61. The van der Waals surface area contributed by atoms with E-state index in [0.29, 0.717) is 46.3 Å². The highest BCUT2D eigenvalue weighted by molar-refractivity contribution is 6.00. The van der Waals surface area contributed by atoms with Gasteiger partial charge in [-0.3, -0.25) is 0 Å². The van der Waals surface area contributed by atoms with Crippen LogP contribution in [0.5, 0.6) is 17.2 Å². The second kappa shape index (κ2) is 9.38. The van der Waals surface area contributed by atoms with Crippen LogP contribution in [0.25, 0.3) is 27.8 Å². The number of carbonyl (C=O) groups is 1. The van der Waals surface area contributed by atoms with Crippen molar-refractivity contribution in [3.8, 4) is 40.3 Å². The van der Waals surface area contributed by atoms with E-state index in [-0.39, 0.29) is 29.2 Å². The number of phenols is 1. The Morgan fingerprint density at radius 3 is 2.42 bits per heavy atom. The normalized spacial score (nSPS) is 14.1. The highest BCUT2D eigenvalue weighted by Crippen LogP contribution is 2.55. The van der Waals surface area contributed by atoms with Crippen molar-refractivity contribution in [2.75, 3.05) is 14.2 Å². The quantitative estimate of drug-likeness (QED) is 0.296. The zero-order valence-electron chi connectivity index (χ0n) is 20.7. The minimum absolute atomic E-state index is 0.0355. The summed E-state index contributed by atoms with van der Waals surface area (Å²) in [5.41, 5.74) is 1.73. The average Bonchev–Trinajstić information content (AvgIpc) is 3.21. The monoisotopic (exact) mass is 518 g/mol. The van der Waals surface area contributed by atoms with Crippen molar-refractivity contribution < 1.29 is 33.3 Å². The molecule has 0 spiro atoms. The van der Waals surface area contributed by atoms with Gasteiger partial charge in [0.05, 0.1) is 37.2 Å². The summed E-state index contributed by atoms with van der Waals surface area (Å²) in [6.07, 6.45) is 2.36. The predicted molar refractivity (Wildman–Crippen MR) is 136 cm³/mol. The molecule has 0 bridgehead atoms. The molecule has 38 heavy (non-hydrogen) atoms. The summed E-state index contributed by atoms with van der Waals surface area (Å²) in [5, 5.41) is 30.8. The van der Waals surface area contributed by atoms with E-state index >= 15 is 0 Å². The van der Waals surface area contributed by atoms with Gasteiger partial charge in [-0.1, -0.05) is 12.5 Å². The van der Waals surface area contributed by atoms with Crippen molar-refractivity contribution in [3.63, 3.8) is 0 Å². The number of carboxylic acids is 1. The first kappa shape index (κ1) is 25.1. The Morgan fingerprint density at radius 2 is 1.82 bits per heavy atom. The molecule has 1 aliphatic rings. The molecule has 5 rings (SSSR count). The van der Waals surface area contributed by atoms with Gasteiger partial charge in [-0.05, 0) is 48.7 Å². The van der Waals surface area contributed by atoms with Crippen molar-refractivity contribution in [1.29, 1.82) is 5.26 Å². The van der Waals surface area contributed by atoms with E-state index in [1.807, 2.05) is 0 Å². The molecule has 0 atom stereocenters. The van der Waals surface area contributed by atoms with E-state index in [2.05, 4.69) is 6.07 Å². The van der Waals surface area contributed by atoms with E-state index in [1.165, 1.54) is 44.6 Å². The summed E-state index contributed by atoms with van der Waals surface area (Å²) in [7, 11) is 2.69. The fraction of sp³-hybridized carbons (Fsp3) is 0.241. The maximum absolute atomic E-state index is 14.8. The molecule has 194 valence electrons. The Hall–Kier alpha value is -4.58. The van der Waals surface area contributed by atoms with Crippen molar-refractivity contribution in [1.82, 2.24) is 4.57 Å². The number of nitrogens with zero attached hydrogens (tertiary/aromatic N) is 2. The summed E-state index contributed by atoms with van der Waals surface area (Å²) in [6, 6.07) is 13.3. The molecule has 1 saturated carbocycles. The van der Waals surface area contributed by atoms with Gasteiger partial charge in [0.15, 0.2) is 11.6 Å². The zero-order valence-corrected chi connectivity index (χ0v) is 20.7. The van der Waals surface area contributed by atoms with Crippen molar-refractivity contribution in [3.05, 3.63) is 71.3 Å². The Kier molecular flexibility index (Phi) is 6.19. The largest absolute Gasteiger partial charge is 0.507 e. The topological polar surface area (TPSA) is 105 Å². The predicted octanol–water partition coefficient (Wildman–Crippen LogP) is 6.33. The average molecular weight is 519 g/mol. The molecular weight excluding hydrogens is 494 g/mol. The molecule has 1 fully saturated rings. The van der Waals surface area contributed by atoms with Crippen LogP contribution in [0.4, 0.5) is 8.78 Å². The standard InChI is InChI=1S/C29H24F2N2O5/c1-37-23-12-16(4-6-19(23)28(35)36)27-26(29(10-11-32)8-3-9-29)25-21(13-17(30)14-22(25)34)33(27)18-5-7-20(31)24(15-18)38-2/h4-7,12-15,34H,3,8-10H2,1-2H3,(H,35,36). The number of fused-ring (bicyclic) bond motifs is 1. The molecule has 0 amide bonds. The minimum atomic E-state index is -1.17. The maximum atomic E-state index is 14.8. The number of aromatic nitrogens is 1. The molecular formula is C29H24F2N2O5. The van der Waals surface area contributed by atoms with Gasteiger partial charge in [0.1, 0.15) is 22.9 Å². The van der Waals surface area contributed by atoms with Crippen LogP contribution in [0.3, 0.4) is 0 Å². The van der Waals surface area contributed by atoms with E-state index in [1.54, 1.807) is 16.7 Å². The van der Waals surface area contributed by atoms with Gasteiger partial charge in [0.2, 0.25) is 0 Å². The van der Waals surface area contributed by atoms with E-state index in [4.69, 9.17) is 9.47 Å². The lowest BCUT2D eigenvalue weighted by molar-refractivity contribution is 0.0693. The molecule has 0 aliphatic heterocycles. The third kappa shape index (κ3) is 3.80.